The highest BCUT2D eigenvalue weighted by atomic mass is 19.4. The molecule has 0 saturated heterocycles. The average Bonchev–Trinajstić information content (AvgIpc) is 2.64. The summed E-state index contributed by atoms with van der Waals surface area (Å²) in [5.74, 6) is -0.407. The Morgan fingerprint density at radius 1 is 1.11 bits per heavy atom. The number of hydrogen-bond acceptors (Lipinski definition) is 4. The minimum absolute atomic E-state index is 0.0923. The van der Waals surface area contributed by atoms with E-state index in [9.17, 15) is 18.0 Å². The van der Waals surface area contributed by atoms with E-state index in [2.05, 4.69) is 5.16 Å². The smallest absolute Gasteiger partial charge is 0.416 e. The number of alkyl halides is 3. The summed E-state index contributed by atoms with van der Waals surface area (Å²) in [7, 11) is 0. The Morgan fingerprint density at radius 3 is 2.43 bits per heavy atom. The number of aliphatic carboxylic acids is 1. The molecule has 150 valence electrons. The summed E-state index contributed by atoms with van der Waals surface area (Å²) >= 11 is 0. The number of rotatable bonds is 9. The number of nitrogens with zero attached hydrogens (tertiary/aromatic N) is 1. The van der Waals surface area contributed by atoms with Crippen LogP contribution in [0.1, 0.15) is 30.0 Å². The number of benzene rings is 2. The molecular weight excluding hydrogens is 375 g/mol. The first-order valence-corrected chi connectivity index (χ1v) is 8.59. The van der Waals surface area contributed by atoms with E-state index in [1.807, 2.05) is 6.92 Å². The van der Waals surface area contributed by atoms with Crippen molar-refractivity contribution in [1.82, 2.24) is 0 Å². The van der Waals surface area contributed by atoms with Gasteiger partial charge in [-0.05, 0) is 41.8 Å². The molecule has 28 heavy (non-hydrogen) atoms. The fourth-order valence-electron chi connectivity index (χ4n) is 2.41. The van der Waals surface area contributed by atoms with Crippen LogP contribution in [0.4, 0.5) is 13.2 Å². The van der Waals surface area contributed by atoms with Gasteiger partial charge >= 0.3 is 12.1 Å². The lowest BCUT2D eigenvalue weighted by Crippen LogP contribution is -2.08. The van der Waals surface area contributed by atoms with E-state index in [-0.39, 0.29) is 19.6 Å². The molecule has 5 nitrogen and oxygen atoms in total. The van der Waals surface area contributed by atoms with Crippen LogP contribution >= 0.6 is 0 Å². The second-order valence-electron chi connectivity index (χ2n) is 5.87. The van der Waals surface area contributed by atoms with Crippen LogP contribution in [0.3, 0.4) is 0 Å². The Bertz CT molecular complexity index is 817. The molecule has 2 rings (SSSR count). The van der Waals surface area contributed by atoms with Crippen LogP contribution in [-0.2, 0) is 22.2 Å². The van der Waals surface area contributed by atoms with Crippen molar-refractivity contribution in [2.24, 2.45) is 5.16 Å². The molecule has 0 aliphatic carbocycles. The minimum Gasteiger partial charge on any atom is -0.490 e. The maximum absolute atomic E-state index is 12.6. The van der Waals surface area contributed by atoms with Gasteiger partial charge in [0.25, 0.3) is 0 Å². The molecule has 2 aromatic carbocycles. The number of halogens is 3. The van der Waals surface area contributed by atoms with Crippen molar-refractivity contribution in [1.29, 1.82) is 0 Å². The van der Waals surface area contributed by atoms with Crippen molar-refractivity contribution in [3.8, 4) is 5.75 Å². The normalized spacial score (nSPS) is 11.9. The third-order valence-corrected chi connectivity index (χ3v) is 3.75. The van der Waals surface area contributed by atoms with E-state index in [0.717, 1.165) is 12.1 Å². The summed E-state index contributed by atoms with van der Waals surface area (Å²) in [6.45, 7) is 2.14. The lowest BCUT2D eigenvalue weighted by Gasteiger charge is -2.09. The highest BCUT2D eigenvalue weighted by Gasteiger charge is 2.30. The fraction of sp³-hybridized carbons (Fsp3) is 0.300. The van der Waals surface area contributed by atoms with E-state index < -0.39 is 17.7 Å². The summed E-state index contributed by atoms with van der Waals surface area (Å²) in [5, 5.41) is 12.8. The molecule has 0 heterocycles. The molecule has 0 saturated carbocycles. The first-order chi connectivity index (χ1) is 13.3. The highest BCUT2D eigenvalue weighted by molar-refractivity contribution is 6.00. The van der Waals surface area contributed by atoms with Gasteiger partial charge in [0.2, 0.25) is 0 Å². The van der Waals surface area contributed by atoms with E-state index in [0.29, 0.717) is 29.0 Å². The molecule has 8 heteroatoms. The largest absolute Gasteiger partial charge is 0.490 e. The Hall–Kier alpha value is -3.03. The van der Waals surface area contributed by atoms with Crippen molar-refractivity contribution in [3.05, 3.63) is 65.2 Å². The van der Waals surface area contributed by atoms with E-state index >= 15 is 0 Å². The number of carbonyl (C=O) groups is 1. The monoisotopic (exact) mass is 395 g/mol. The van der Waals surface area contributed by atoms with E-state index in [1.165, 1.54) is 12.1 Å². The van der Waals surface area contributed by atoms with Crippen LogP contribution in [-0.4, -0.2) is 30.0 Å². The van der Waals surface area contributed by atoms with Crippen LogP contribution < -0.4 is 4.74 Å². The van der Waals surface area contributed by atoms with E-state index in [4.69, 9.17) is 14.7 Å². The van der Waals surface area contributed by atoms with Crippen molar-refractivity contribution in [2.75, 3.05) is 13.2 Å². The molecule has 2 aromatic rings. The number of oxime groups is 1. The Balaban J connectivity index is 1.86. The zero-order valence-electron chi connectivity index (χ0n) is 15.2. The van der Waals surface area contributed by atoms with Gasteiger partial charge in [-0.15, -0.1) is 0 Å². The SMILES string of the molecule is CC/C(=N\OCCOc1cccc(CC(=O)O)c1)c1ccc(C(F)(F)F)cc1. The van der Waals surface area contributed by atoms with Gasteiger partial charge in [0.15, 0.2) is 6.61 Å². The van der Waals surface area contributed by atoms with Crippen molar-refractivity contribution in [3.63, 3.8) is 0 Å². The highest BCUT2D eigenvalue weighted by Crippen LogP contribution is 2.29. The third-order valence-electron chi connectivity index (χ3n) is 3.75. The first kappa shape index (κ1) is 21.3. The molecule has 0 unspecified atom stereocenters. The molecule has 0 spiro atoms. The Labute approximate surface area is 160 Å². The molecule has 0 radical (unpaired) electrons. The molecule has 0 aliphatic heterocycles. The van der Waals surface area contributed by atoms with Gasteiger partial charge < -0.3 is 14.7 Å². The third kappa shape index (κ3) is 6.61. The Kier molecular flexibility index (Phi) is 7.43. The zero-order chi connectivity index (χ0) is 20.6. The van der Waals surface area contributed by atoms with Crippen LogP contribution in [0.5, 0.6) is 5.75 Å². The lowest BCUT2D eigenvalue weighted by atomic mass is 10.1. The van der Waals surface area contributed by atoms with Gasteiger partial charge in [0.05, 0.1) is 17.7 Å². The van der Waals surface area contributed by atoms with Gasteiger partial charge in [0, 0.05) is 0 Å². The Morgan fingerprint density at radius 2 is 1.82 bits per heavy atom. The van der Waals surface area contributed by atoms with Gasteiger partial charge in [-0.1, -0.05) is 36.3 Å². The van der Waals surface area contributed by atoms with Crippen LogP contribution in [0, 0.1) is 0 Å². The number of carboxylic acids is 1. The summed E-state index contributed by atoms with van der Waals surface area (Å²) in [6.07, 6.45) is -3.98. The molecule has 0 amide bonds. The number of ether oxygens (including phenoxy) is 1. The fourth-order valence-corrected chi connectivity index (χ4v) is 2.41. The summed E-state index contributed by atoms with van der Waals surface area (Å²) in [5.41, 5.74) is 0.987. The van der Waals surface area contributed by atoms with Gasteiger partial charge in [-0.3, -0.25) is 4.79 Å². The van der Waals surface area contributed by atoms with Crippen LogP contribution in [0.25, 0.3) is 0 Å². The topological polar surface area (TPSA) is 68.1 Å². The molecular formula is C20H20F3NO4. The number of carboxylic acid groups (broad SMARTS) is 1. The molecule has 0 fully saturated rings. The van der Waals surface area contributed by atoms with Gasteiger partial charge in [0.1, 0.15) is 12.4 Å². The summed E-state index contributed by atoms with van der Waals surface area (Å²) in [6, 6.07) is 11.5. The summed E-state index contributed by atoms with van der Waals surface area (Å²) < 4.78 is 43.3. The van der Waals surface area contributed by atoms with Crippen molar-refractivity contribution < 1.29 is 32.6 Å². The zero-order valence-corrected chi connectivity index (χ0v) is 15.2. The van der Waals surface area contributed by atoms with Crippen molar-refractivity contribution in [2.45, 2.75) is 25.9 Å². The second kappa shape index (κ2) is 9.77. The quantitative estimate of drug-likeness (QED) is 0.384. The van der Waals surface area contributed by atoms with Crippen LogP contribution in [0.15, 0.2) is 53.7 Å². The maximum Gasteiger partial charge on any atom is 0.416 e. The molecule has 0 aliphatic rings. The maximum atomic E-state index is 12.6. The summed E-state index contributed by atoms with van der Waals surface area (Å²) in [4.78, 5) is 15.9. The predicted molar refractivity (Wildman–Crippen MR) is 97.5 cm³/mol. The van der Waals surface area contributed by atoms with Crippen LogP contribution in [0.2, 0.25) is 0 Å². The molecule has 0 bridgehead atoms. The van der Waals surface area contributed by atoms with E-state index in [1.54, 1.807) is 24.3 Å². The molecule has 0 aromatic heterocycles. The molecule has 1 N–H and O–H groups in total. The standard InChI is InChI=1S/C20H20F3NO4/c1-2-18(15-6-8-16(9-7-15)20(21,22)23)24-28-11-10-27-17-5-3-4-14(12-17)13-19(25)26/h3-9,12H,2,10-11,13H2,1H3,(H,25,26)/b24-18+. The number of hydrogen-bond donors (Lipinski definition) is 1. The lowest BCUT2D eigenvalue weighted by molar-refractivity contribution is -0.138. The van der Waals surface area contributed by atoms with Gasteiger partial charge in [-0.25, -0.2) is 0 Å². The van der Waals surface area contributed by atoms with Crippen molar-refractivity contribution >= 4 is 11.7 Å². The predicted octanol–water partition coefficient (Wildman–Crippen LogP) is 4.54. The van der Waals surface area contributed by atoms with Gasteiger partial charge in [-0.2, -0.15) is 13.2 Å². The second-order valence-corrected chi connectivity index (χ2v) is 5.87. The molecule has 0 atom stereocenters. The minimum atomic E-state index is -4.38. The first-order valence-electron chi connectivity index (χ1n) is 8.59. The average molecular weight is 395 g/mol.